The number of hydrogen-bond acceptors (Lipinski definition) is 8. The summed E-state index contributed by atoms with van der Waals surface area (Å²) in [5.41, 5.74) is 0.952. The minimum atomic E-state index is 0.398. The fourth-order valence-electron chi connectivity index (χ4n) is 3.98. The molecule has 0 radical (unpaired) electrons. The number of rotatable bonds is 4. The number of fused-ring (bicyclic) bond motifs is 1. The van der Waals surface area contributed by atoms with Crippen LogP contribution >= 0.6 is 0 Å². The molecule has 1 aliphatic carbocycles. The van der Waals surface area contributed by atoms with Crippen LogP contribution in [-0.4, -0.2) is 63.9 Å². The Balaban J connectivity index is 1.72. The molecule has 1 saturated heterocycles. The van der Waals surface area contributed by atoms with Gasteiger partial charge in [0.25, 0.3) is 0 Å². The first-order valence-corrected chi connectivity index (χ1v) is 9.34. The molecule has 3 heterocycles. The zero-order valence-electron chi connectivity index (χ0n) is 15.3. The SMILES string of the molecule is CC(C)[C@H]1CN(C)CCN1c1nc2nonc2nc1NC1CCCC1. The first-order valence-electron chi connectivity index (χ1n) is 9.34. The molecule has 8 heteroatoms. The molecular formula is C17H27N7O. The van der Waals surface area contributed by atoms with Crippen molar-refractivity contribution < 1.29 is 4.63 Å². The second-order valence-corrected chi connectivity index (χ2v) is 7.70. The van der Waals surface area contributed by atoms with E-state index in [9.17, 15) is 0 Å². The van der Waals surface area contributed by atoms with Crippen LogP contribution in [0.15, 0.2) is 4.63 Å². The zero-order chi connectivity index (χ0) is 17.4. The van der Waals surface area contributed by atoms with Crippen LogP contribution in [-0.2, 0) is 0 Å². The van der Waals surface area contributed by atoms with Gasteiger partial charge in [-0.05, 0) is 36.1 Å². The quantitative estimate of drug-likeness (QED) is 0.902. The van der Waals surface area contributed by atoms with Crippen molar-refractivity contribution in [2.45, 2.75) is 51.6 Å². The van der Waals surface area contributed by atoms with Crippen molar-refractivity contribution in [2.24, 2.45) is 5.92 Å². The van der Waals surface area contributed by atoms with Gasteiger partial charge in [-0.2, -0.15) is 0 Å². The Morgan fingerprint density at radius 1 is 1.08 bits per heavy atom. The summed E-state index contributed by atoms with van der Waals surface area (Å²) in [5, 5.41) is 11.4. The van der Waals surface area contributed by atoms with E-state index >= 15 is 0 Å². The van der Waals surface area contributed by atoms with E-state index in [1.807, 2.05) is 0 Å². The highest BCUT2D eigenvalue weighted by Crippen LogP contribution is 2.31. The number of anilines is 2. The lowest BCUT2D eigenvalue weighted by molar-refractivity contribution is 0.236. The van der Waals surface area contributed by atoms with Gasteiger partial charge < -0.3 is 15.1 Å². The molecule has 0 spiro atoms. The normalized spacial score (nSPS) is 23.0. The number of likely N-dealkylation sites (N-methyl/N-ethyl adjacent to an activating group) is 1. The van der Waals surface area contributed by atoms with Crippen LogP contribution in [0.5, 0.6) is 0 Å². The molecule has 2 aromatic heterocycles. The molecule has 0 bridgehead atoms. The Hall–Kier alpha value is -1.96. The maximum atomic E-state index is 4.84. The third kappa shape index (κ3) is 3.27. The van der Waals surface area contributed by atoms with Crippen molar-refractivity contribution in [3.8, 4) is 0 Å². The third-order valence-corrected chi connectivity index (χ3v) is 5.46. The molecule has 1 atom stereocenters. The van der Waals surface area contributed by atoms with E-state index < -0.39 is 0 Å². The Labute approximate surface area is 147 Å². The molecule has 1 aliphatic heterocycles. The van der Waals surface area contributed by atoms with Crippen LogP contribution in [0.25, 0.3) is 11.3 Å². The molecule has 2 fully saturated rings. The maximum absolute atomic E-state index is 4.84. The second-order valence-electron chi connectivity index (χ2n) is 7.70. The molecule has 0 amide bonds. The lowest BCUT2D eigenvalue weighted by atomic mass is 10.00. The largest absolute Gasteiger partial charge is 0.364 e. The average Bonchev–Trinajstić information content (AvgIpc) is 3.25. The van der Waals surface area contributed by atoms with Crippen LogP contribution < -0.4 is 10.2 Å². The topological polar surface area (TPSA) is 83.2 Å². The Kier molecular flexibility index (Phi) is 4.45. The predicted octanol–water partition coefficient (Wildman–Crippen LogP) is 2.14. The van der Waals surface area contributed by atoms with Crippen LogP contribution in [0.2, 0.25) is 0 Å². The average molecular weight is 345 g/mol. The van der Waals surface area contributed by atoms with E-state index in [2.05, 4.69) is 46.3 Å². The molecule has 1 N–H and O–H groups in total. The van der Waals surface area contributed by atoms with Crippen molar-refractivity contribution in [3.05, 3.63) is 0 Å². The molecule has 0 aromatic carbocycles. The number of aromatic nitrogens is 4. The summed E-state index contributed by atoms with van der Waals surface area (Å²) in [6, 6.07) is 0.866. The summed E-state index contributed by atoms with van der Waals surface area (Å²) in [6.45, 7) is 7.51. The molecule has 4 rings (SSSR count). The molecule has 8 nitrogen and oxygen atoms in total. The van der Waals surface area contributed by atoms with Gasteiger partial charge in [-0.1, -0.05) is 26.7 Å². The summed E-state index contributed by atoms with van der Waals surface area (Å²) in [5.74, 6) is 2.24. The fraction of sp³-hybridized carbons (Fsp3) is 0.765. The van der Waals surface area contributed by atoms with Gasteiger partial charge in [-0.15, -0.1) is 0 Å². The van der Waals surface area contributed by atoms with E-state index in [0.717, 1.165) is 31.3 Å². The molecule has 0 unspecified atom stereocenters. The predicted molar refractivity (Wildman–Crippen MR) is 96.7 cm³/mol. The second kappa shape index (κ2) is 6.74. The van der Waals surface area contributed by atoms with Crippen LogP contribution in [0, 0.1) is 5.92 Å². The first-order chi connectivity index (χ1) is 12.1. The fourth-order valence-corrected chi connectivity index (χ4v) is 3.98. The van der Waals surface area contributed by atoms with E-state index in [0.29, 0.717) is 29.3 Å². The van der Waals surface area contributed by atoms with Gasteiger partial charge in [0.1, 0.15) is 0 Å². The summed E-state index contributed by atoms with van der Waals surface area (Å²) in [7, 11) is 2.18. The molecule has 1 saturated carbocycles. The Morgan fingerprint density at radius 2 is 1.80 bits per heavy atom. The molecular weight excluding hydrogens is 318 g/mol. The Bertz CT molecular complexity index is 725. The highest BCUT2D eigenvalue weighted by molar-refractivity contribution is 5.74. The summed E-state index contributed by atoms with van der Waals surface area (Å²) in [6.07, 6.45) is 4.92. The van der Waals surface area contributed by atoms with Gasteiger partial charge in [0.15, 0.2) is 11.6 Å². The van der Waals surface area contributed by atoms with Crippen LogP contribution in [0.1, 0.15) is 39.5 Å². The number of piperazine rings is 1. The van der Waals surface area contributed by atoms with Gasteiger partial charge in [-0.25, -0.2) is 14.6 Å². The van der Waals surface area contributed by atoms with Gasteiger partial charge in [0, 0.05) is 31.7 Å². The summed E-state index contributed by atoms with van der Waals surface area (Å²) >= 11 is 0. The van der Waals surface area contributed by atoms with Crippen LogP contribution in [0.4, 0.5) is 11.6 Å². The van der Waals surface area contributed by atoms with Gasteiger partial charge >= 0.3 is 0 Å². The number of nitrogens with one attached hydrogen (secondary N) is 1. The lowest BCUT2D eigenvalue weighted by Gasteiger charge is -2.43. The van der Waals surface area contributed by atoms with Gasteiger partial charge in [0.2, 0.25) is 11.3 Å². The molecule has 2 aromatic rings. The van der Waals surface area contributed by atoms with Crippen molar-refractivity contribution >= 4 is 22.9 Å². The van der Waals surface area contributed by atoms with E-state index in [1.165, 1.54) is 25.7 Å². The molecule has 136 valence electrons. The standard InChI is InChI=1S/C17H27N7O/c1-11(2)13-10-23(3)8-9-24(13)17-16(18-12-6-4-5-7-12)19-14-15(20-17)22-25-21-14/h11-13H,4-10H2,1-3H3,(H,18,19,21)/t13-/m1/s1. The number of hydrogen-bond donors (Lipinski definition) is 1. The van der Waals surface area contributed by atoms with Crippen molar-refractivity contribution in [2.75, 3.05) is 36.9 Å². The van der Waals surface area contributed by atoms with Gasteiger partial charge in [-0.3, -0.25) is 0 Å². The van der Waals surface area contributed by atoms with E-state index in [4.69, 9.17) is 14.6 Å². The molecule has 2 aliphatic rings. The van der Waals surface area contributed by atoms with Crippen molar-refractivity contribution in [1.82, 2.24) is 25.2 Å². The van der Waals surface area contributed by atoms with E-state index in [-0.39, 0.29) is 0 Å². The zero-order valence-corrected chi connectivity index (χ0v) is 15.3. The minimum Gasteiger partial charge on any atom is -0.364 e. The summed E-state index contributed by atoms with van der Waals surface area (Å²) < 4.78 is 4.84. The number of nitrogens with zero attached hydrogens (tertiary/aromatic N) is 6. The monoisotopic (exact) mass is 345 g/mol. The summed E-state index contributed by atoms with van der Waals surface area (Å²) in [4.78, 5) is 14.2. The van der Waals surface area contributed by atoms with Crippen molar-refractivity contribution in [1.29, 1.82) is 0 Å². The minimum absolute atomic E-state index is 0.398. The smallest absolute Gasteiger partial charge is 0.245 e. The first kappa shape index (κ1) is 16.5. The Morgan fingerprint density at radius 3 is 2.52 bits per heavy atom. The molecule has 25 heavy (non-hydrogen) atoms. The highest BCUT2D eigenvalue weighted by Gasteiger charge is 2.32. The van der Waals surface area contributed by atoms with Crippen LogP contribution in [0.3, 0.4) is 0 Å². The maximum Gasteiger partial charge on any atom is 0.245 e. The van der Waals surface area contributed by atoms with Crippen molar-refractivity contribution in [3.63, 3.8) is 0 Å². The van der Waals surface area contributed by atoms with Gasteiger partial charge in [0.05, 0.1) is 0 Å². The third-order valence-electron chi connectivity index (χ3n) is 5.46. The lowest BCUT2D eigenvalue weighted by Crippen LogP contribution is -2.54. The highest BCUT2D eigenvalue weighted by atomic mass is 16.6. The van der Waals surface area contributed by atoms with E-state index in [1.54, 1.807) is 0 Å².